The summed E-state index contributed by atoms with van der Waals surface area (Å²) >= 11 is 0. The number of hydrogen-bond acceptors (Lipinski definition) is 4. The smallest absolute Gasteiger partial charge is 0.297 e. The molecule has 4 nitrogen and oxygen atoms in total. The van der Waals surface area contributed by atoms with Crippen LogP contribution in [0, 0.1) is 5.92 Å². The van der Waals surface area contributed by atoms with E-state index in [1.165, 1.54) is 6.42 Å². The zero-order valence-electron chi connectivity index (χ0n) is 14.3. The number of benzene rings is 1. The number of rotatable bonds is 5. The van der Waals surface area contributed by atoms with E-state index in [0.717, 1.165) is 38.1 Å². The lowest BCUT2D eigenvalue weighted by atomic mass is 10.1. The first-order valence-electron chi connectivity index (χ1n) is 8.56. The van der Waals surface area contributed by atoms with Crippen LogP contribution >= 0.6 is 0 Å². The van der Waals surface area contributed by atoms with Gasteiger partial charge in [-0.1, -0.05) is 26.0 Å². The Balaban J connectivity index is 1.80. The Labute approximate surface area is 141 Å². The number of aromatic nitrogens is 2. The van der Waals surface area contributed by atoms with Gasteiger partial charge in [0.05, 0.1) is 5.52 Å². The fourth-order valence-corrected chi connectivity index (χ4v) is 3.04. The number of nitrogens with zero attached hydrogens (tertiary/aromatic N) is 4. The predicted molar refractivity (Wildman–Crippen MR) is 92.6 cm³/mol. The summed E-state index contributed by atoms with van der Waals surface area (Å²) in [6.07, 6.45) is -1.47. The molecule has 24 heavy (non-hydrogen) atoms. The zero-order valence-corrected chi connectivity index (χ0v) is 14.3. The number of para-hydroxylation sites is 1. The van der Waals surface area contributed by atoms with Gasteiger partial charge in [-0.25, -0.2) is 18.7 Å². The molecule has 0 saturated carbocycles. The second-order valence-electron chi connectivity index (χ2n) is 6.73. The summed E-state index contributed by atoms with van der Waals surface area (Å²) in [5.74, 6) is 0.952. The van der Waals surface area contributed by atoms with E-state index in [2.05, 4.69) is 33.6 Å². The van der Waals surface area contributed by atoms with Gasteiger partial charge in [0.15, 0.2) is 5.82 Å². The lowest BCUT2D eigenvalue weighted by molar-refractivity contribution is 0.141. The monoisotopic (exact) mass is 334 g/mol. The average molecular weight is 334 g/mol. The van der Waals surface area contributed by atoms with E-state index in [-0.39, 0.29) is 5.82 Å². The molecule has 0 bridgehead atoms. The van der Waals surface area contributed by atoms with E-state index in [4.69, 9.17) is 0 Å². The van der Waals surface area contributed by atoms with Gasteiger partial charge in [0, 0.05) is 31.6 Å². The molecular formula is C18H24F2N4. The van der Waals surface area contributed by atoms with Crippen molar-refractivity contribution in [2.24, 2.45) is 5.92 Å². The summed E-state index contributed by atoms with van der Waals surface area (Å²) in [4.78, 5) is 12.7. The highest BCUT2D eigenvalue weighted by atomic mass is 19.3. The van der Waals surface area contributed by atoms with Crippen molar-refractivity contribution in [3.63, 3.8) is 0 Å². The third-order valence-electron chi connectivity index (χ3n) is 4.49. The summed E-state index contributed by atoms with van der Waals surface area (Å²) in [7, 11) is 0. The molecule has 1 aliphatic rings. The van der Waals surface area contributed by atoms with E-state index < -0.39 is 6.43 Å². The van der Waals surface area contributed by atoms with Crippen LogP contribution in [0.5, 0.6) is 0 Å². The molecule has 130 valence electrons. The Morgan fingerprint density at radius 2 is 1.75 bits per heavy atom. The van der Waals surface area contributed by atoms with Crippen LogP contribution in [0.15, 0.2) is 24.3 Å². The van der Waals surface area contributed by atoms with Gasteiger partial charge in [0.1, 0.15) is 5.82 Å². The van der Waals surface area contributed by atoms with Crippen molar-refractivity contribution < 1.29 is 8.78 Å². The molecule has 6 heteroatoms. The second-order valence-corrected chi connectivity index (χ2v) is 6.73. The zero-order chi connectivity index (χ0) is 17.1. The van der Waals surface area contributed by atoms with Crippen molar-refractivity contribution in [3.05, 3.63) is 30.1 Å². The summed E-state index contributed by atoms with van der Waals surface area (Å²) in [6.45, 7) is 9.05. The van der Waals surface area contributed by atoms with Gasteiger partial charge in [-0.15, -0.1) is 0 Å². The van der Waals surface area contributed by atoms with Crippen molar-refractivity contribution in [1.82, 2.24) is 14.9 Å². The van der Waals surface area contributed by atoms with Gasteiger partial charge in [0.2, 0.25) is 0 Å². The highest BCUT2D eigenvalue weighted by Gasteiger charge is 2.22. The van der Waals surface area contributed by atoms with Crippen molar-refractivity contribution >= 4 is 16.7 Å². The van der Waals surface area contributed by atoms with E-state index in [1.807, 2.05) is 18.2 Å². The summed E-state index contributed by atoms with van der Waals surface area (Å²) in [5, 5.41) is 0.845. The molecule has 0 amide bonds. The van der Waals surface area contributed by atoms with Gasteiger partial charge in [-0.05, 0) is 31.0 Å². The minimum Gasteiger partial charge on any atom is -0.353 e. The molecule has 3 rings (SSSR count). The third-order valence-corrected chi connectivity index (χ3v) is 4.49. The van der Waals surface area contributed by atoms with E-state index >= 15 is 0 Å². The largest absolute Gasteiger partial charge is 0.353 e. The fraction of sp³-hybridized carbons (Fsp3) is 0.556. The van der Waals surface area contributed by atoms with Crippen LogP contribution in [0.1, 0.15) is 32.5 Å². The van der Waals surface area contributed by atoms with Crippen molar-refractivity contribution in [2.45, 2.75) is 26.7 Å². The first-order valence-corrected chi connectivity index (χ1v) is 8.56. The van der Waals surface area contributed by atoms with Crippen molar-refractivity contribution in [3.8, 4) is 0 Å². The van der Waals surface area contributed by atoms with Crippen LogP contribution < -0.4 is 4.90 Å². The van der Waals surface area contributed by atoms with Crippen molar-refractivity contribution in [2.75, 3.05) is 37.6 Å². The Morgan fingerprint density at radius 3 is 2.42 bits per heavy atom. The summed E-state index contributed by atoms with van der Waals surface area (Å²) in [6, 6.07) is 7.39. The molecule has 1 aromatic heterocycles. The Hall–Kier alpha value is -1.82. The molecule has 1 aliphatic heterocycles. The number of halogens is 2. The maximum absolute atomic E-state index is 13.1. The molecule has 0 radical (unpaired) electrons. The summed E-state index contributed by atoms with van der Waals surface area (Å²) < 4.78 is 26.3. The molecule has 0 spiro atoms. The number of anilines is 1. The Bertz CT molecular complexity index is 682. The van der Waals surface area contributed by atoms with Crippen LogP contribution in [0.25, 0.3) is 10.9 Å². The van der Waals surface area contributed by atoms with E-state index in [0.29, 0.717) is 17.3 Å². The van der Waals surface area contributed by atoms with Gasteiger partial charge in [-0.2, -0.15) is 0 Å². The standard InChI is InChI=1S/C18H24F2N4/c1-13(2)7-8-23-9-11-24(12-10-23)18-14-5-3-4-6-15(14)21-17(22-18)16(19)20/h3-6,13,16H,7-12H2,1-2H3. The molecule has 2 aromatic rings. The maximum Gasteiger partial charge on any atom is 0.297 e. The Morgan fingerprint density at radius 1 is 1.04 bits per heavy atom. The second kappa shape index (κ2) is 7.38. The minimum atomic E-state index is -2.65. The van der Waals surface area contributed by atoms with Crippen LogP contribution in [-0.4, -0.2) is 47.6 Å². The highest BCUT2D eigenvalue weighted by Crippen LogP contribution is 2.27. The third kappa shape index (κ3) is 3.80. The summed E-state index contributed by atoms with van der Waals surface area (Å²) in [5.41, 5.74) is 0.583. The molecule has 0 unspecified atom stereocenters. The van der Waals surface area contributed by atoms with Gasteiger partial charge < -0.3 is 4.90 Å². The van der Waals surface area contributed by atoms with E-state index in [9.17, 15) is 8.78 Å². The van der Waals surface area contributed by atoms with Crippen LogP contribution in [-0.2, 0) is 0 Å². The maximum atomic E-state index is 13.1. The molecule has 1 aromatic carbocycles. The van der Waals surface area contributed by atoms with Gasteiger partial charge in [0.25, 0.3) is 6.43 Å². The first kappa shape index (κ1) is 17.0. The van der Waals surface area contributed by atoms with Crippen LogP contribution in [0.4, 0.5) is 14.6 Å². The quantitative estimate of drug-likeness (QED) is 0.834. The number of piperazine rings is 1. The molecule has 0 aliphatic carbocycles. The van der Waals surface area contributed by atoms with Gasteiger partial charge >= 0.3 is 0 Å². The Kier molecular flexibility index (Phi) is 5.23. The molecule has 0 N–H and O–H groups in total. The lowest BCUT2D eigenvalue weighted by Gasteiger charge is -2.36. The van der Waals surface area contributed by atoms with Crippen molar-refractivity contribution in [1.29, 1.82) is 0 Å². The lowest BCUT2D eigenvalue weighted by Crippen LogP contribution is -2.47. The molecule has 1 fully saturated rings. The average Bonchev–Trinajstić information content (AvgIpc) is 2.59. The first-order chi connectivity index (χ1) is 11.5. The predicted octanol–water partition coefficient (Wildman–Crippen LogP) is 3.74. The molecule has 1 saturated heterocycles. The van der Waals surface area contributed by atoms with Gasteiger partial charge in [-0.3, -0.25) is 4.90 Å². The molecular weight excluding hydrogens is 310 g/mol. The van der Waals surface area contributed by atoms with Crippen LogP contribution in [0.3, 0.4) is 0 Å². The molecule has 2 heterocycles. The number of alkyl halides is 2. The SMILES string of the molecule is CC(C)CCN1CCN(c2nc(C(F)F)nc3ccccc23)CC1. The van der Waals surface area contributed by atoms with Crippen LogP contribution in [0.2, 0.25) is 0 Å². The molecule has 0 atom stereocenters. The topological polar surface area (TPSA) is 32.3 Å². The minimum absolute atomic E-state index is 0.383. The fourth-order valence-electron chi connectivity index (χ4n) is 3.04. The highest BCUT2D eigenvalue weighted by molar-refractivity contribution is 5.89. The normalized spacial score (nSPS) is 16.5. The number of fused-ring (bicyclic) bond motifs is 1. The van der Waals surface area contributed by atoms with E-state index in [1.54, 1.807) is 6.07 Å². The number of hydrogen-bond donors (Lipinski definition) is 0.